The van der Waals surface area contributed by atoms with Gasteiger partial charge in [0.05, 0.1) is 11.6 Å². The predicted octanol–water partition coefficient (Wildman–Crippen LogP) is 4.41. The van der Waals surface area contributed by atoms with E-state index < -0.39 is 5.97 Å². The Morgan fingerprint density at radius 2 is 1.75 bits per heavy atom. The molecule has 4 heteroatoms. The normalized spacial score (nSPS) is 9.50. The molecule has 0 N–H and O–H groups in total. The number of nitrogens with zero attached hydrogens (tertiary/aromatic N) is 1. The van der Waals surface area contributed by atoms with Crippen molar-refractivity contribution in [2.45, 2.75) is 24.7 Å². The van der Waals surface area contributed by atoms with Crippen LogP contribution in [-0.4, -0.2) is 11.7 Å². The molecular weight excluding hydrogens is 318 g/mol. The number of esters is 1. The van der Waals surface area contributed by atoms with E-state index in [1.807, 2.05) is 42.1 Å². The number of benzene rings is 2. The number of nitriles is 1. The van der Waals surface area contributed by atoms with Crippen molar-refractivity contribution in [2.24, 2.45) is 0 Å². The van der Waals surface area contributed by atoms with Crippen molar-refractivity contribution < 1.29 is 9.53 Å². The molecule has 2 aromatic rings. The number of thioether (sulfide) groups is 1. The average molecular weight is 335 g/mol. The molecule has 0 saturated heterocycles. The topological polar surface area (TPSA) is 50.1 Å². The van der Waals surface area contributed by atoms with Crippen LogP contribution in [0.5, 0.6) is 5.75 Å². The molecule has 0 fully saturated rings. The molecule has 0 aliphatic rings. The highest BCUT2D eigenvalue weighted by atomic mass is 32.2. The van der Waals surface area contributed by atoms with E-state index in [-0.39, 0.29) is 0 Å². The van der Waals surface area contributed by atoms with Crippen LogP contribution in [0.2, 0.25) is 0 Å². The summed E-state index contributed by atoms with van der Waals surface area (Å²) in [5, 5.41) is 8.72. The quantitative estimate of drug-likeness (QED) is 0.267. The molecule has 120 valence electrons. The summed E-state index contributed by atoms with van der Waals surface area (Å²) >= 11 is 1.82. The molecule has 0 aromatic heterocycles. The summed E-state index contributed by atoms with van der Waals surface area (Å²) in [7, 11) is 0. The molecule has 0 saturated carbocycles. The van der Waals surface area contributed by atoms with Crippen LogP contribution in [-0.2, 0) is 4.79 Å². The molecule has 0 amide bonds. The van der Waals surface area contributed by atoms with E-state index in [0.717, 1.165) is 11.3 Å². The summed E-state index contributed by atoms with van der Waals surface area (Å²) in [4.78, 5) is 12.9. The minimum absolute atomic E-state index is 0.371. The first kappa shape index (κ1) is 17.7. The lowest BCUT2D eigenvalue weighted by molar-refractivity contribution is -0.128. The summed E-state index contributed by atoms with van der Waals surface area (Å²) in [6.07, 6.45) is 2.39. The van der Waals surface area contributed by atoms with E-state index in [4.69, 9.17) is 10.00 Å². The highest BCUT2D eigenvalue weighted by molar-refractivity contribution is 7.99. The zero-order valence-electron chi connectivity index (χ0n) is 13.4. The Bertz CT molecular complexity index is 778. The van der Waals surface area contributed by atoms with Gasteiger partial charge < -0.3 is 4.74 Å². The summed E-state index contributed by atoms with van der Waals surface area (Å²) in [6, 6.07) is 16.1. The third kappa shape index (κ3) is 5.83. The van der Waals surface area contributed by atoms with E-state index in [9.17, 15) is 4.79 Å². The fourth-order valence-electron chi connectivity index (χ4n) is 1.82. The summed E-state index contributed by atoms with van der Waals surface area (Å²) < 4.78 is 5.10. The Kier molecular flexibility index (Phi) is 6.95. The van der Waals surface area contributed by atoms with Crippen LogP contribution < -0.4 is 4.74 Å². The van der Waals surface area contributed by atoms with Gasteiger partial charge in [0, 0.05) is 16.4 Å². The first-order valence-corrected chi connectivity index (χ1v) is 8.66. The maximum absolute atomic E-state index is 11.7. The third-order valence-corrected chi connectivity index (χ3v) is 4.22. The van der Waals surface area contributed by atoms with E-state index in [0.29, 0.717) is 11.3 Å². The van der Waals surface area contributed by atoms with Crippen molar-refractivity contribution in [3.8, 4) is 23.7 Å². The van der Waals surface area contributed by atoms with Crippen molar-refractivity contribution in [1.29, 1.82) is 5.26 Å². The van der Waals surface area contributed by atoms with Crippen LogP contribution >= 0.6 is 11.8 Å². The molecule has 0 spiro atoms. The highest BCUT2D eigenvalue weighted by Crippen LogP contribution is 2.19. The fourth-order valence-corrected chi connectivity index (χ4v) is 2.82. The Labute approximate surface area is 146 Å². The van der Waals surface area contributed by atoms with E-state index in [1.54, 1.807) is 24.3 Å². The van der Waals surface area contributed by atoms with Gasteiger partial charge in [-0.3, -0.25) is 0 Å². The molecule has 0 radical (unpaired) electrons. The maximum atomic E-state index is 11.7. The first-order chi connectivity index (χ1) is 11.7. The van der Waals surface area contributed by atoms with Crippen LogP contribution in [0.25, 0.3) is 0 Å². The van der Waals surface area contributed by atoms with Gasteiger partial charge in [-0.15, -0.1) is 11.8 Å². The zero-order chi connectivity index (χ0) is 17.2. The predicted molar refractivity (Wildman–Crippen MR) is 95.7 cm³/mol. The van der Waals surface area contributed by atoms with Crippen molar-refractivity contribution in [3.63, 3.8) is 0 Å². The lowest BCUT2D eigenvalue weighted by Gasteiger charge is -2.00. The number of hydrogen-bond donors (Lipinski definition) is 0. The Hall–Kier alpha value is -2.69. The molecule has 0 aliphatic heterocycles. The molecule has 0 bridgehead atoms. The number of hydrogen-bond acceptors (Lipinski definition) is 4. The van der Waals surface area contributed by atoms with E-state index >= 15 is 0 Å². The van der Waals surface area contributed by atoms with Gasteiger partial charge in [0.25, 0.3) is 0 Å². The van der Waals surface area contributed by atoms with Crippen molar-refractivity contribution in [3.05, 3.63) is 59.7 Å². The largest absolute Gasteiger partial charge is 0.417 e. The van der Waals surface area contributed by atoms with Crippen LogP contribution in [0.3, 0.4) is 0 Å². The SMILES string of the molecule is CCCCSc1ccc(C#CC(=O)Oc2ccc(C#N)cc2)cc1. The van der Waals surface area contributed by atoms with Gasteiger partial charge in [-0.25, -0.2) is 4.79 Å². The lowest BCUT2D eigenvalue weighted by Crippen LogP contribution is -2.04. The third-order valence-electron chi connectivity index (χ3n) is 3.12. The van der Waals surface area contributed by atoms with Crippen molar-refractivity contribution in [2.75, 3.05) is 5.75 Å². The van der Waals surface area contributed by atoms with Crippen molar-refractivity contribution >= 4 is 17.7 Å². The van der Waals surface area contributed by atoms with Gasteiger partial charge >= 0.3 is 5.97 Å². The average Bonchev–Trinajstić information content (AvgIpc) is 2.62. The van der Waals surface area contributed by atoms with Crippen LogP contribution in [0, 0.1) is 23.2 Å². The van der Waals surface area contributed by atoms with Gasteiger partial charge in [0.15, 0.2) is 0 Å². The van der Waals surface area contributed by atoms with Crippen molar-refractivity contribution in [1.82, 2.24) is 0 Å². The standard InChI is InChI=1S/C20H17NO2S/c1-2-3-14-24-19-11-6-16(7-12-19)8-13-20(22)23-18-9-4-17(15-21)5-10-18/h4-7,9-12H,2-3,14H2,1H3. The van der Waals surface area contributed by atoms with Gasteiger partial charge in [-0.1, -0.05) is 19.3 Å². The Morgan fingerprint density at radius 1 is 1.08 bits per heavy atom. The van der Waals surface area contributed by atoms with E-state index in [2.05, 4.69) is 18.8 Å². The molecule has 2 aromatic carbocycles. The molecule has 0 atom stereocenters. The zero-order valence-corrected chi connectivity index (χ0v) is 14.2. The number of carbonyl (C=O) groups excluding carboxylic acids is 1. The second-order valence-electron chi connectivity index (χ2n) is 5.00. The second-order valence-corrected chi connectivity index (χ2v) is 6.17. The molecule has 24 heavy (non-hydrogen) atoms. The molecule has 3 nitrogen and oxygen atoms in total. The number of carbonyl (C=O) groups is 1. The van der Waals surface area contributed by atoms with Gasteiger partial charge in [0.1, 0.15) is 5.75 Å². The van der Waals surface area contributed by atoms with Gasteiger partial charge in [-0.05, 0) is 60.7 Å². The monoisotopic (exact) mass is 335 g/mol. The lowest BCUT2D eigenvalue weighted by atomic mass is 10.2. The number of ether oxygens (including phenoxy) is 1. The van der Waals surface area contributed by atoms with Crippen LogP contribution in [0.4, 0.5) is 0 Å². The Balaban J connectivity index is 1.91. The molecule has 0 heterocycles. The smallest absolute Gasteiger partial charge is 0.390 e. The second kappa shape index (κ2) is 9.45. The molecule has 0 aliphatic carbocycles. The molecule has 2 rings (SSSR count). The summed E-state index contributed by atoms with van der Waals surface area (Å²) in [6.45, 7) is 2.18. The summed E-state index contributed by atoms with van der Waals surface area (Å²) in [5.74, 6) is 6.12. The van der Waals surface area contributed by atoms with Crippen LogP contribution in [0.1, 0.15) is 30.9 Å². The molecule has 0 unspecified atom stereocenters. The Morgan fingerprint density at radius 3 is 2.38 bits per heavy atom. The van der Waals surface area contributed by atoms with Gasteiger partial charge in [0.2, 0.25) is 0 Å². The van der Waals surface area contributed by atoms with E-state index in [1.165, 1.54) is 17.7 Å². The molecular formula is C20H17NO2S. The first-order valence-electron chi connectivity index (χ1n) is 7.68. The highest BCUT2D eigenvalue weighted by Gasteiger charge is 2.01. The minimum Gasteiger partial charge on any atom is -0.417 e. The number of unbranched alkanes of at least 4 members (excludes halogenated alkanes) is 1. The van der Waals surface area contributed by atoms with Gasteiger partial charge in [-0.2, -0.15) is 5.26 Å². The summed E-state index contributed by atoms with van der Waals surface area (Å²) in [5.41, 5.74) is 1.28. The fraction of sp³-hybridized carbons (Fsp3) is 0.200. The number of rotatable bonds is 5. The maximum Gasteiger partial charge on any atom is 0.390 e. The van der Waals surface area contributed by atoms with Crippen LogP contribution in [0.15, 0.2) is 53.4 Å². The minimum atomic E-state index is -0.624.